The van der Waals surface area contributed by atoms with Gasteiger partial charge in [-0.3, -0.25) is 9.36 Å². The molecule has 3 rings (SSSR count). The highest BCUT2D eigenvalue weighted by molar-refractivity contribution is 8.00. The van der Waals surface area contributed by atoms with Crippen molar-refractivity contribution in [3.63, 3.8) is 0 Å². The van der Waals surface area contributed by atoms with Crippen LogP contribution < -0.4 is 0 Å². The fourth-order valence-corrected chi connectivity index (χ4v) is 3.16. The van der Waals surface area contributed by atoms with E-state index in [2.05, 4.69) is 10.2 Å². The summed E-state index contributed by atoms with van der Waals surface area (Å²) < 4.78 is 20.7. The molecule has 0 saturated heterocycles. The van der Waals surface area contributed by atoms with E-state index >= 15 is 0 Å². The van der Waals surface area contributed by atoms with E-state index in [1.165, 1.54) is 24.9 Å². The van der Waals surface area contributed by atoms with Gasteiger partial charge in [0.1, 0.15) is 11.1 Å². The van der Waals surface area contributed by atoms with Gasteiger partial charge in [-0.25, -0.2) is 4.39 Å². The summed E-state index contributed by atoms with van der Waals surface area (Å²) in [5.74, 6) is -0.127. The van der Waals surface area contributed by atoms with Gasteiger partial charge in [0, 0.05) is 6.04 Å². The van der Waals surface area contributed by atoms with Crippen LogP contribution >= 0.6 is 11.8 Å². The van der Waals surface area contributed by atoms with Crippen molar-refractivity contribution in [2.45, 2.75) is 36.2 Å². The summed E-state index contributed by atoms with van der Waals surface area (Å²) in [7, 11) is 1.36. The van der Waals surface area contributed by atoms with Crippen LogP contribution in [0.2, 0.25) is 0 Å². The molecule has 0 aliphatic heterocycles. The van der Waals surface area contributed by atoms with Crippen LogP contribution in [0, 0.1) is 5.82 Å². The van der Waals surface area contributed by atoms with Gasteiger partial charge >= 0.3 is 5.97 Å². The molecule has 1 heterocycles. The lowest BCUT2D eigenvalue weighted by Crippen LogP contribution is -2.15. The van der Waals surface area contributed by atoms with Gasteiger partial charge in [-0.2, -0.15) is 0 Å². The lowest BCUT2D eigenvalue weighted by molar-refractivity contribution is -0.139. The van der Waals surface area contributed by atoms with E-state index in [1.54, 1.807) is 25.1 Å². The molecule has 0 bridgehead atoms. The molecule has 1 aliphatic rings. The third-order valence-electron chi connectivity index (χ3n) is 3.51. The van der Waals surface area contributed by atoms with Gasteiger partial charge in [0.25, 0.3) is 0 Å². The first kappa shape index (κ1) is 15.0. The Morgan fingerprint density at radius 2 is 2.14 bits per heavy atom. The topological polar surface area (TPSA) is 57.0 Å². The van der Waals surface area contributed by atoms with Crippen molar-refractivity contribution >= 4 is 17.7 Å². The fraction of sp³-hybridized carbons (Fsp3) is 0.400. The Kier molecular flexibility index (Phi) is 4.15. The molecule has 1 saturated carbocycles. The molecule has 116 valence electrons. The zero-order valence-electron chi connectivity index (χ0n) is 12.3. The lowest BCUT2D eigenvalue weighted by atomic mass is 10.2. The van der Waals surface area contributed by atoms with E-state index in [0.717, 1.165) is 12.8 Å². The number of ether oxygens (including phenoxy) is 1. The van der Waals surface area contributed by atoms with Gasteiger partial charge in [-0.05, 0) is 31.9 Å². The number of hydrogen-bond donors (Lipinski definition) is 0. The average Bonchev–Trinajstić information content (AvgIpc) is 3.28. The Morgan fingerprint density at radius 1 is 1.41 bits per heavy atom. The largest absolute Gasteiger partial charge is 0.468 e. The summed E-state index contributed by atoms with van der Waals surface area (Å²) in [5.41, 5.74) is 0.430. The van der Waals surface area contributed by atoms with Gasteiger partial charge in [0.15, 0.2) is 11.0 Å². The number of thioether (sulfide) groups is 1. The van der Waals surface area contributed by atoms with Crippen LogP contribution in [0.25, 0.3) is 11.4 Å². The maximum atomic E-state index is 14.0. The van der Waals surface area contributed by atoms with Gasteiger partial charge in [-0.1, -0.05) is 23.9 Å². The third kappa shape index (κ3) is 2.85. The van der Waals surface area contributed by atoms with Crippen LogP contribution in [-0.4, -0.2) is 33.1 Å². The van der Waals surface area contributed by atoms with Crippen molar-refractivity contribution in [2.24, 2.45) is 0 Å². The molecule has 0 amide bonds. The zero-order valence-corrected chi connectivity index (χ0v) is 13.1. The average molecular weight is 321 g/mol. The molecule has 1 aromatic heterocycles. The molecule has 2 aromatic rings. The fourth-order valence-electron chi connectivity index (χ4n) is 2.22. The van der Waals surface area contributed by atoms with Crippen molar-refractivity contribution in [3.05, 3.63) is 30.1 Å². The molecule has 1 fully saturated rings. The molecule has 1 aliphatic carbocycles. The summed E-state index contributed by atoms with van der Waals surface area (Å²) in [6.07, 6.45) is 2.03. The SMILES string of the molecule is COC(=O)C(C)Sc1nnc(-c2ccccc2F)n1C1CC1. The highest BCUT2D eigenvalue weighted by Gasteiger charge is 2.32. The number of esters is 1. The van der Waals surface area contributed by atoms with Crippen LogP contribution in [-0.2, 0) is 9.53 Å². The Morgan fingerprint density at radius 3 is 2.77 bits per heavy atom. The van der Waals surface area contributed by atoms with Crippen LogP contribution in [0.1, 0.15) is 25.8 Å². The number of aromatic nitrogens is 3. The minimum Gasteiger partial charge on any atom is -0.468 e. The monoisotopic (exact) mass is 321 g/mol. The second-order valence-electron chi connectivity index (χ2n) is 5.17. The summed E-state index contributed by atoms with van der Waals surface area (Å²) in [6, 6.07) is 6.79. The van der Waals surface area contributed by atoms with E-state index in [1.807, 2.05) is 4.57 Å². The van der Waals surface area contributed by atoms with Crippen LogP contribution in [0.3, 0.4) is 0 Å². The first-order valence-corrected chi connectivity index (χ1v) is 7.94. The minimum absolute atomic E-state index is 0.275. The van der Waals surface area contributed by atoms with Gasteiger partial charge in [0.05, 0.1) is 12.7 Å². The standard InChI is InChI=1S/C15H16FN3O2S/c1-9(14(20)21-2)22-15-18-17-13(19(15)10-7-8-10)11-5-3-4-6-12(11)16/h3-6,9-10H,7-8H2,1-2H3. The number of methoxy groups -OCH3 is 1. The van der Waals surface area contributed by atoms with Crippen molar-refractivity contribution in [1.82, 2.24) is 14.8 Å². The number of carbonyl (C=O) groups excluding carboxylic acids is 1. The zero-order chi connectivity index (χ0) is 15.7. The first-order valence-electron chi connectivity index (χ1n) is 7.06. The molecule has 1 aromatic carbocycles. The number of halogens is 1. The molecule has 0 spiro atoms. The molecule has 7 heteroatoms. The number of nitrogens with zero attached hydrogens (tertiary/aromatic N) is 3. The Balaban J connectivity index is 1.96. The normalized spacial score (nSPS) is 15.6. The number of rotatable bonds is 5. The highest BCUT2D eigenvalue weighted by atomic mass is 32.2. The Hall–Kier alpha value is -1.89. The van der Waals surface area contributed by atoms with Gasteiger partial charge in [-0.15, -0.1) is 10.2 Å². The molecule has 1 unspecified atom stereocenters. The van der Waals surface area contributed by atoms with Gasteiger partial charge < -0.3 is 4.74 Å². The molecule has 22 heavy (non-hydrogen) atoms. The quantitative estimate of drug-likeness (QED) is 0.626. The predicted octanol–water partition coefficient (Wildman–Crippen LogP) is 3.07. The summed E-state index contributed by atoms with van der Waals surface area (Å²) in [4.78, 5) is 11.6. The minimum atomic E-state index is -0.389. The van der Waals surface area contributed by atoms with E-state index in [9.17, 15) is 9.18 Å². The smallest absolute Gasteiger partial charge is 0.318 e. The maximum Gasteiger partial charge on any atom is 0.318 e. The van der Waals surface area contributed by atoms with Crippen molar-refractivity contribution < 1.29 is 13.9 Å². The van der Waals surface area contributed by atoms with E-state index in [-0.39, 0.29) is 23.1 Å². The van der Waals surface area contributed by atoms with Crippen molar-refractivity contribution in [2.75, 3.05) is 7.11 Å². The Labute approximate surface area is 131 Å². The molecular weight excluding hydrogens is 305 g/mol. The van der Waals surface area contributed by atoms with Crippen LogP contribution in [0.4, 0.5) is 4.39 Å². The highest BCUT2D eigenvalue weighted by Crippen LogP contribution is 2.42. The maximum absolute atomic E-state index is 14.0. The summed E-state index contributed by atoms with van der Waals surface area (Å²) in [5, 5.41) is 8.53. The third-order valence-corrected chi connectivity index (χ3v) is 4.54. The number of hydrogen-bond acceptors (Lipinski definition) is 5. The van der Waals surface area contributed by atoms with E-state index < -0.39 is 0 Å². The van der Waals surface area contributed by atoms with Crippen LogP contribution in [0.15, 0.2) is 29.4 Å². The van der Waals surface area contributed by atoms with Gasteiger partial charge in [0.2, 0.25) is 0 Å². The van der Waals surface area contributed by atoms with E-state index in [4.69, 9.17) is 4.74 Å². The lowest BCUT2D eigenvalue weighted by Gasteiger charge is -2.11. The molecule has 5 nitrogen and oxygen atoms in total. The molecular formula is C15H16FN3O2S. The number of carbonyl (C=O) groups is 1. The Bertz CT molecular complexity index is 700. The predicted molar refractivity (Wildman–Crippen MR) is 81.0 cm³/mol. The second kappa shape index (κ2) is 6.08. The van der Waals surface area contributed by atoms with Crippen LogP contribution in [0.5, 0.6) is 0 Å². The van der Waals surface area contributed by atoms with Crippen molar-refractivity contribution in [1.29, 1.82) is 0 Å². The first-order chi connectivity index (χ1) is 10.6. The molecule has 1 atom stereocenters. The van der Waals surface area contributed by atoms with Crippen molar-refractivity contribution in [3.8, 4) is 11.4 Å². The number of benzene rings is 1. The summed E-state index contributed by atoms with van der Waals surface area (Å²) >= 11 is 1.28. The van der Waals surface area contributed by atoms with E-state index in [0.29, 0.717) is 16.5 Å². The summed E-state index contributed by atoms with van der Waals surface area (Å²) in [6.45, 7) is 1.76. The molecule has 0 N–H and O–H groups in total. The second-order valence-corrected chi connectivity index (χ2v) is 6.48. The molecule has 0 radical (unpaired) electrons.